The quantitative estimate of drug-likeness (QED) is 0.669. The summed E-state index contributed by atoms with van der Waals surface area (Å²) in [5.74, 6) is 0.780. The molecule has 1 rings (SSSR count). The zero-order valence-corrected chi connectivity index (χ0v) is 9.05. The molecule has 1 unspecified atom stereocenters. The highest BCUT2D eigenvalue weighted by molar-refractivity contribution is 4.77. The van der Waals surface area contributed by atoms with E-state index >= 15 is 0 Å². The van der Waals surface area contributed by atoms with Crippen LogP contribution in [0.15, 0.2) is 0 Å². The summed E-state index contributed by atoms with van der Waals surface area (Å²) in [6, 6.07) is 0.490. The van der Waals surface area contributed by atoms with E-state index in [1.807, 2.05) is 0 Å². The Morgan fingerprint density at radius 1 is 1.46 bits per heavy atom. The normalized spacial score (nSPS) is 23.3. The van der Waals surface area contributed by atoms with Crippen LogP contribution in [0.2, 0.25) is 0 Å². The van der Waals surface area contributed by atoms with Crippen molar-refractivity contribution in [1.29, 1.82) is 0 Å². The fourth-order valence-corrected chi connectivity index (χ4v) is 2.05. The van der Waals surface area contributed by atoms with Crippen LogP contribution in [0.4, 0.5) is 0 Å². The summed E-state index contributed by atoms with van der Waals surface area (Å²) >= 11 is 0. The maximum Gasteiger partial charge on any atom is 0.0572 e. The van der Waals surface area contributed by atoms with Crippen molar-refractivity contribution in [3.8, 4) is 0 Å². The van der Waals surface area contributed by atoms with E-state index in [-0.39, 0.29) is 0 Å². The predicted octanol–water partition coefficient (Wildman–Crippen LogP) is 1.26. The molecule has 1 atom stereocenters. The number of nitrogens with zero attached hydrogens (tertiary/aromatic N) is 1. The Balaban J connectivity index is 2.23. The monoisotopic (exact) mass is 186 g/mol. The fraction of sp³-hybridized carbons (Fsp3) is 1.00. The molecule has 1 saturated heterocycles. The lowest BCUT2D eigenvalue weighted by Crippen LogP contribution is -2.41. The zero-order valence-electron chi connectivity index (χ0n) is 9.05. The third-order valence-corrected chi connectivity index (χ3v) is 3.09. The smallest absolute Gasteiger partial charge is 0.0572 e. The molecule has 0 bridgehead atoms. The van der Waals surface area contributed by atoms with Crippen molar-refractivity contribution in [2.24, 2.45) is 5.92 Å². The number of rotatable bonds is 4. The van der Waals surface area contributed by atoms with Crippen LogP contribution in [-0.2, 0) is 4.84 Å². The number of hydrogen-bond acceptors (Lipinski definition) is 3. The van der Waals surface area contributed by atoms with Gasteiger partial charge in [-0.25, -0.2) is 0 Å². The summed E-state index contributed by atoms with van der Waals surface area (Å²) in [4.78, 5) is 7.46. The number of hydroxylamine groups is 1. The second-order valence-electron chi connectivity index (χ2n) is 3.88. The van der Waals surface area contributed by atoms with Crippen molar-refractivity contribution in [1.82, 2.24) is 10.4 Å². The van der Waals surface area contributed by atoms with Gasteiger partial charge in [0.1, 0.15) is 0 Å². The van der Waals surface area contributed by atoms with Gasteiger partial charge in [0.05, 0.1) is 7.11 Å². The van der Waals surface area contributed by atoms with Crippen molar-refractivity contribution in [2.75, 3.05) is 26.7 Å². The first-order valence-electron chi connectivity index (χ1n) is 5.28. The molecule has 3 heteroatoms. The molecule has 0 aliphatic carbocycles. The summed E-state index contributed by atoms with van der Waals surface area (Å²) < 4.78 is 0. The van der Waals surface area contributed by atoms with Crippen molar-refractivity contribution >= 4 is 0 Å². The first-order chi connectivity index (χ1) is 6.27. The van der Waals surface area contributed by atoms with Gasteiger partial charge in [-0.05, 0) is 45.3 Å². The molecule has 1 aliphatic rings. The Hall–Kier alpha value is -0.120. The van der Waals surface area contributed by atoms with Gasteiger partial charge in [-0.1, -0.05) is 6.92 Å². The van der Waals surface area contributed by atoms with Gasteiger partial charge in [-0.2, -0.15) is 5.48 Å². The van der Waals surface area contributed by atoms with Gasteiger partial charge in [-0.3, -0.25) is 0 Å². The lowest BCUT2D eigenvalue weighted by atomic mass is 9.91. The summed E-state index contributed by atoms with van der Waals surface area (Å²) in [5, 5.41) is 0. The molecule has 0 aromatic carbocycles. The molecular formula is C10H22N2O. The van der Waals surface area contributed by atoms with Gasteiger partial charge in [0.2, 0.25) is 0 Å². The minimum Gasteiger partial charge on any atom is -0.305 e. The maximum absolute atomic E-state index is 4.95. The first kappa shape index (κ1) is 11.0. The van der Waals surface area contributed by atoms with Gasteiger partial charge < -0.3 is 9.74 Å². The molecule has 0 spiro atoms. The minimum absolute atomic E-state index is 0.490. The summed E-state index contributed by atoms with van der Waals surface area (Å²) in [6.45, 7) is 8.12. The Morgan fingerprint density at radius 3 is 2.54 bits per heavy atom. The van der Waals surface area contributed by atoms with Crippen LogP contribution >= 0.6 is 0 Å². The molecule has 78 valence electrons. The van der Waals surface area contributed by atoms with Gasteiger partial charge in [-0.15, -0.1) is 0 Å². The fourth-order valence-electron chi connectivity index (χ4n) is 2.05. The van der Waals surface area contributed by atoms with E-state index in [0.717, 1.165) is 5.92 Å². The van der Waals surface area contributed by atoms with Crippen LogP contribution in [0.5, 0.6) is 0 Å². The predicted molar refractivity (Wildman–Crippen MR) is 54.4 cm³/mol. The van der Waals surface area contributed by atoms with E-state index in [0.29, 0.717) is 6.04 Å². The molecule has 0 saturated carbocycles. The molecule has 1 N–H and O–H groups in total. The highest BCUT2D eigenvalue weighted by atomic mass is 16.6. The summed E-state index contributed by atoms with van der Waals surface area (Å²) in [6.07, 6.45) is 2.59. The van der Waals surface area contributed by atoms with E-state index in [1.54, 1.807) is 7.11 Å². The van der Waals surface area contributed by atoms with Crippen LogP contribution in [0, 0.1) is 5.92 Å². The number of piperidine rings is 1. The third-order valence-electron chi connectivity index (χ3n) is 3.09. The number of nitrogens with one attached hydrogen (secondary N) is 1. The van der Waals surface area contributed by atoms with E-state index in [9.17, 15) is 0 Å². The molecule has 3 nitrogen and oxygen atoms in total. The van der Waals surface area contributed by atoms with Gasteiger partial charge in [0, 0.05) is 6.04 Å². The van der Waals surface area contributed by atoms with Crippen molar-refractivity contribution in [3.63, 3.8) is 0 Å². The van der Waals surface area contributed by atoms with Crippen LogP contribution < -0.4 is 5.48 Å². The van der Waals surface area contributed by atoms with E-state index in [4.69, 9.17) is 4.84 Å². The van der Waals surface area contributed by atoms with Crippen molar-refractivity contribution in [2.45, 2.75) is 32.7 Å². The van der Waals surface area contributed by atoms with Crippen LogP contribution in [-0.4, -0.2) is 37.7 Å². The van der Waals surface area contributed by atoms with E-state index < -0.39 is 0 Å². The standard InChI is InChI=1S/C10H22N2O/c1-4-12-7-5-10(6-8-12)9(2)11-13-3/h9-11H,4-8H2,1-3H3. The van der Waals surface area contributed by atoms with Gasteiger partial charge in [0.15, 0.2) is 0 Å². The third kappa shape index (κ3) is 3.25. The van der Waals surface area contributed by atoms with Gasteiger partial charge in [0.25, 0.3) is 0 Å². The Morgan fingerprint density at radius 2 is 2.08 bits per heavy atom. The van der Waals surface area contributed by atoms with Crippen molar-refractivity contribution in [3.05, 3.63) is 0 Å². The lowest BCUT2D eigenvalue weighted by molar-refractivity contribution is 0.0331. The molecule has 13 heavy (non-hydrogen) atoms. The summed E-state index contributed by atoms with van der Waals surface area (Å²) in [7, 11) is 1.69. The largest absolute Gasteiger partial charge is 0.305 e. The number of likely N-dealkylation sites (tertiary alicyclic amines) is 1. The highest BCUT2D eigenvalue weighted by Crippen LogP contribution is 2.20. The topological polar surface area (TPSA) is 24.5 Å². The molecule has 1 heterocycles. The summed E-state index contributed by atoms with van der Waals surface area (Å²) in [5.41, 5.74) is 3.03. The van der Waals surface area contributed by atoms with E-state index in [2.05, 4.69) is 24.2 Å². The maximum atomic E-state index is 4.95. The molecule has 0 aromatic rings. The Kier molecular flexibility index (Phi) is 4.70. The molecule has 0 amide bonds. The number of hydrogen-bond donors (Lipinski definition) is 1. The molecule has 1 aliphatic heterocycles. The average molecular weight is 186 g/mol. The molecule has 0 aromatic heterocycles. The van der Waals surface area contributed by atoms with Crippen LogP contribution in [0.1, 0.15) is 26.7 Å². The average Bonchev–Trinajstić information content (AvgIpc) is 2.18. The lowest BCUT2D eigenvalue weighted by Gasteiger charge is -2.34. The molecule has 0 radical (unpaired) electrons. The zero-order chi connectivity index (χ0) is 9.68. The Bertz CT molecular complexity index is 133. The van der Waals surface area contributed by atoms with E-state index in [1.165, 1.54) is 32.5 Å². The second kappa shape index (κ2) is 5.58. The van der Waals surface area contributed by atoms with Crippen LogP contribution in [0.3, 0.4) is 0 Å². The minimum atomic E-state index is 0.490. The SMILES string of the molecule is CCN1CCC(C(C)NOC)CC1. The first-order valence-corrected chi connectivity index (χ1v) is 5.28. The molecule has 1 fully saturated rings. The Labute approximate surface area is 81.4 Å². The van der Waals surface area contributed by atoms with Crippen molar-refractivity contribution < 1.29 is 4.84 Å². The second-order valence-corrected chi connectivity index (χ2v) is 3.88. The highest BCUT2D eigenvalue weighted by Gasteiger charge is 2.22. The molecular weight excluding hydrogens is 164 g/mol. The van der Waals surface area contributed by atoms with Crippen LogP contribution in [0.25, 0.3) is 0 Å². The van der Waals surface area contributed by atoms with Gasteiger partial charge >= 0.3 is 0 Å².